The van der Waals surface area contributed by atoms with Crippen LogP contribution in [0.3, 0.4) is 0 Å². The van der Waals surface area contributed by atoms with Gasteiger partial charge in [-0.2, -0.15) is 0 Å². The molecule has 4 N–H and O–H groups in total. The lowest BCUT2D eigenvalue weighted by Gasteiger charge is -2.19. The van der Waals surface area contributed by atoms with E-state index in [0.717, 1.165) is 25.7 Å². The van der Waals surface area contributed by atoms with E-state index in [2.05, 4.69) is 25.8 Å². The number of carbonyl (C=O) groups excluding carboxylic acids is 2. The first-order valence-corrected chi connectivity index (χ1v) is 15.4. The number of thioether (sulfide) groups is 2. The van der Waals surface area contributed by atoms with Gasteiger partial charge in [-0.25, -0.2) is 4.98 Å². The summed E-state index contributed by atoms with van der Waals surface area (Å²) >= 11 is 5.45. The topological polar surface area (TPSA) is 123 Å². The zero-order valence-electron chi connectivity index (χ0n) is 20.7. The summed E-state index contributed by atoms with van der Waals surface area (Å²) in [6, 6.07) is 25.2. The molecule has 0 spiro atoms. The predicted octanol–water partition coefficient (Wildman–Crippen LogP) is 5.85. The summed E-state index contributed by atoms with van der Waals surface area (Å²) in [6.45, 7) is 1.81. The normalized spacial score (nSPS) is 11.9. The first-order valence-electron chi connectivity index (χ1n) is 11.9. The van der Waals surface area contributed by atoms with Crippen molar-refractivity contribution in [3.63, 3.8) is 0 Å². The van der Waals surface area contributed by atoms with Crippen molar-refractivity contribution in [3.8, 4) is 0 Å². The van der Waals surface area contributed by atoms with Gasteiger partial charge in [-0.15, -0.1) is 21.5 Å². The van der Waals surface area contributed by atoms with E-state index in [1.807, 2.05) is 85.8 Å². The van der Waals surface area contributed by atoms with E-state index >= 15 is 0 Å². The average molecular weight is 593 g/mol. The highest BCUT2D eigenvalue weighted by Crippen LogP contribution is 2.32. The minimum absolute atomic E-state index is 0.0754. The highest BCUT2D eigenvalue weighted by atomic mass is 32.2. The lowest BCUT2D eigenvalue weighted by atomic mass is 9.99. The molecule has 0 fully saturated rings. The van der Waals surface area contributed by atoms with Gasteiger partial charge in [0.1, 0.15) is 0 Å². The smallest absolute Gasteiger partial charge is 0.237 e. The van der Waals surface area contributed by atoms with Crippen LogP contribution in [0.25, 0.3) is 10.2 Å². The molecule has 5 rings (SSSR count). The fourth-order valence-corrected chi connectivity index (χ4v) is 7.44. The highest BCUT2D eigenvalue weighted by molar-refractivity contribution is 8.02. The van der Waals surface area contributed by atoms with Crippen LogP contribution in [-0.4, -0.2) is 38.0 Å². The Labute approximate surface area is 241 Å². The Hall–Kier alpha value is -3.45. The Morgan fingerprint density at radius 3 is 2.26 bits per heavy atom. The van der Waals surface area contributed by atoms with Gasteiger partial charge < -0.3 is 16.4 Å². The predicted molar refractivity (Wildman–Crippen MR) is 161 cm³/mol. The molecule has 8 nitrogen and oxygen atoms in total. The maximum atomic E-state index is 12.9. The van der Waals surface area contributed by atoms with Crippen LogP contribution in [0.4, 0.5) is 10.8 Å². The molecule has 39 heavy (non-hydrogen) atoms. The van der Waals surface area contributed by atoms with Crippen molar-refractivity contribution in [2.45, 2.75) is 26.9 Å². The number of nitrogens with one attached hydrogen (secondary N) is 2. The molecule has 1 atom stereocenters. The van der Waals surface area contributed by atoms with Crippen LogP contribution in [0.1, 0.15) is 24.1 Å². The standard InChI is InChI=1S/C27H24N6O2S4/c1-16(37-27-33-32-25(28)39-27)24(35)29-19-12-13-20-21(14-19)38-26(30-20)36-15-22(34)31-23(17-8-4-2-5-9-17)18-10-6-3-7-11-18/h2-14,16,23H,15H2,1H3,(H2,28,32)(H,29,35)(H,31,34)/t16-/m0/s1. The van der Waals surface area contributed by atoms with Gasteiger partial charge in [-0.05, 0) is 36.2 Å². The number of benzene rings is 3. The number of anilines is 2. The fourth-order valence-electron chi connectivity index (χ4n) is 3.74. The maximum Gasteiger partial charge on any atom is 0.237 e. The van der Waals surface area contributed by atoms with Crippen LogP contribution >= 0.6 is 46.2 Å². The summed E-state index contributed by atoms with van der Waals surface area (Å²) in [6.07, 6.45) is 0. The summed E-state index contributed by atoms with van der Waals surface area (Å²) in [5.41, 5.74) is 9.17. The van der Waals surface area contributed by atoms with Gasteiger partial charge in [-0.1, -0.05) is 95.5 Å². The molecular formula is C27H24N6O2S4. The summed E-state index contributed by atoms with van der Waals surface area (Å²) in [7, 11) is 0. The second-order valence-electron chi connectivity index (χ2n) is 8.43. The van der Waals surface area contributed by atoms with Crippen molar-refractivity contribution in [3.05, 3.63) is 90.0 Å². The second-order valence-corrected chi connectivity index (χ2v) is 13.3. The summed E-state index contributed by atoms with van der Waals surface area (Å²) in [4.78, 5) is 30.3. The molecule has 2 heterocycles. The van der Waals surface area contributed by atoms with E-state index in [1.54, 1.807) is 0 Å². The Kier molecular flexibility index (Phi) is 8.77. The van der Waals surface area contributed by atoms with Gasteiger partial charge in [0.15, 0.2) is 8.68 Å². The SMILES string of the molecule is C[C@H](Sc1nnc(N)s1)C(=O)Nc1ccc2nc(SCC(=O)NC(c3ccccc3)c3ccccc3)sc2c1. The number of thiazole rings is 1. The Bertz CT molecular complexity index is 1540. The minimum atomic E-state index is -0.366. The summed E-state index contributed by atoms with van der Waals surface area (Å²) in [5.74, 6) is 0.0219. The summed E-state index contributed by atoms with van der Waals surface area (Å²) in [5, 5.41) is 13.9. The number of nitrogens with zero attached hydrogens (tertiary/aromatic N) is 3. The lowest BCUT2D eigenvalue weighted by Crippen LogP contribution is -2.30. The maximum absolute atomic E-state index is 12.9. The average Bonchev–Trinajstić information content (AvgIpc) is 3.56. The number of hydrogen-bond donors (Lipinski definition) is 3. The monoisotopic (exact) mass is 592 g/mol. The third-order valence-corrected chi connectivity index (χ3v) is 9.70. The third-order valence-electron chi connectivity index (χ3n) is 5.60. The molecule has 0 aliphatic heterocycles. The number of nitrogens with two attached hydrogens (primary N) is 1. The number of amides is 2. The van der Waals surface area contributed by atoms with Crippen LogP contribution in [0.2, 0.25) is 0 Å². The van der Waals surface area contributed by atoms with Gasteiger partial charge in [0.05, 0.1) is 27.3 Å². The molecule has 2 amide bonds. The van der Waals surface area contributed by atoms with Crippen molar-refractivity contribution in [1.29, 1.82) is 0 Å². The minimum Gasteiger partial charge on any atom is -0.374 e. The number of fused-ring (bicyclic) bond motifs is 1. The first-order chi connectivity index (χ1) is 18.9. The number of nitrogen functional groups attached to an aromatic ring is 1. The van der Waals surface area contributed by atoms with Gasteiger partial charge in [-0.3, -0.25) is 9.59 Å². The van der Waals surface area contributed by atoms with Crippen molar-refractivity contribution >= 4 is 79.0 Å². The van der Waals surface area contributed by atoms with E-state index < -0.39 is 0 Å². The molecule has 2 aromatic heterocycles. The van der Waals surface area contributed by atoms with Crippen LogP contribution in [0.15, 0.2) is 87.5 Å². The van der Waals surface area contributed by atoms with Crippen molar-refractivity contribution in [2.24, 2.45) is 0 Å². The first kappa shape index (κ1) is 27.1. The van der Waals surface area contributed by atoms with E-state index in [9.17, 15) is 9.59 Å². The molecule has 5 aromatic rings. The molecule has 0 bridgehead atoms. The van der Waals surface area contributed by atoms with Crippen molar-refractivity contribution in [1.82, 2.24) is 20.5 Å². The van der Waals surface area contributed by atoms with Gasteiger partial charge >= 0.3 is 0 Å². The number of carbonyl (C=O) groups is 2. The number of hydrogen-bond acceptors (Lipinski definition) is 10. The molecule has 12 heteroatoms. The molecular weight excluding hydrogens is 569 g/mol. The number of aromatic nitrogens is 3. The molecule has 0 saturated heterocycles. The zero-order valence-corrected chi connectivity index (χ0v) is 24.0. The highest BCUT2D eigenvalue weighted by Gasteiger charge is 2.19. The Morgan fingerprint density at radius 1 is 0.923 bits per heavy atom. The van der Waals surface area contributed by atoms with Crippen molar-refractivity contribution in [2.75, 3.05) is 16.8 Å². The van der Waals surface area contributed by atoms with E-state index in [1.165, 1.54) is 46.2 Å². The van der Waals surface area contributed by atoms with E-state index in [4.69, 9.17) is 5.73 Å². The molecule has 0 saturated carbocycles. The van der Waals surface area contributed by atoms with Crippen LogP contribution in [0, 0.1) is 0 Å². The molecule has 0 aliphatic carbocycles. The third kappa shape index (κ3) is 7.15. The van der Waals surface area contributed by atoms with Gasteiger partial charge in [0.2, 0.25) is 16.9 Å². The largest absolute Gasteiger partial charge is 0.374 e. The van der Waals surface area contributed by atoms with Crippen LogP contribution in [-0.2, 0) is 9.59 Å². The van der Waals surface area contributed by atoms with Gasteiger partial charge in [0.25, 0.3) is 0 Å². The van der Waals surface area contributed by atoms with E-state index in [0.29, 0.717) is 15.2 Å². The Balaban J connectivity index is 1.20. The zero-order chi connectivity index (χ0) is 27.2. The van der Waals surface area contributed by atoms with Crippen LogP contribution < -0.4 is 16.4 Å². The van der Waals surface area contributed by atoms with Gasteiger partial charge in [0, 0.05) is 5.69 Å². The number of rotatable bonds is 10. The van der Waals surface area contributed by atoms with Crippen LogP contribution in [0.5, 0.6) is 0 Å². The summed E-state index contributed by atoms with van der Waals surface area (Å²) < 4.78 is 2.37. The second kappa shape index (κ2) is 12.6. The Morgan fingerprint density at radius 2 is 1.62 bits per heavy atom. The molecule has 0 radical (unpaired) electrons. The molecule has 198 valence electrons. The van der Waals surface area contributed by atoms with Crippen molar-refractivity contribution < 1.29 is 9.59 Å². The fraction of sp³-hybridized carbons (Fsp3) is 0.148. The lowest BCUT2D eigenvalue weighted by molar-refractivity contribution is -0.119. The van der Waals surface area contributed by atoms with E-state index in [-0.39, 0.29) is 28.9 Å². The molecule has 0 aliphatic rings. The quantitative estimate of drug-likeness (QED) is 0.173. The molecule has 3 aromatic carbocycles. The molecule has 0 unspecified atom stereocenters.